The summed E-state index contributed by atoms with van der Waals surface area (Å²) in [6.07, 6.45) is 1.05. The highest BCUT2D eigenvalue weighted by Gasteiger charge is 2.52. The lowest BCUT2D eigenvalue weighted by Gasteiger charge is -2.48. The predicted octanol–water partition coefficient (Wildman–Crippen LogP) is 4.24. The second kappa shape index (κ2) is 7.41. The highest BCUT2D eigenvalue weighted by Crippen LogP contribution is 2.44. The number of hydrogen-bond acceptors (Lipinski definition) is 5. The molecule has 2 aliphatic heterocycles. The lowest BCUT2D eigenvalue weighted by atomic mass is 9.98. The highest BCUT2D eigenvalue weighted by molar-refractivity contribution is 7.22. The number of hydrogen-bond donors (Lipinski definition) is 1. The van der Waals surface area contributed by atoms with Gasteiger partial charge in [0.1, 0.15) is 5.66 Å². The van der Waals surface area contributed by atoms with Crippen molar-refractivity contribution in [2.45, 2.75) is 45.7 Å². The maximum Gasteiger partial charge on any atom is 0.257 e. The van der Waals surface area contributed by atoms with Crippen molar-refractivity contribution in [1.29, 1.82) is 0 Å². The first-order valence-electron chi connectivity index (χ1n) is 10.7. The van der Waals surface area contributed by atoms with Gasteiger partial charge in [-0.15, -0.1) is 0 Å². The fraction of sp³-hybridized carbons (Fsp3) is 0.333. The van der Waals surface area contributed by atoms with Crippen molar-refractivity contribution in [3.05, 3.63) is 53.1 Å². The van der Waals surface area contributed by atoms with E-state index in [9.17, 15) is 14.4 Å². The fourth-order valence-corrected chi connectivity index (χ4v) is 5.92. The Morgan fingerprint density at radius 3 is 2.81 bits per heavy atom. The summed E-state index contributed by atoms with van der Waals surface area (Å²) in [7, 11) is 0. The van der Waals surface area contributed by atoms with Crippen LogP contribution in [0.25, 0.3) is 10.2 Å². The number of anilines is 2. The molecule has 1 N–H and O–H groups in total. The normalized spacial score (nSPS) is 20.0. The minimum Gasteiger partial charge on any atom is -0.315 e. The molecule has 1 aromatic heterocycles. The molecule has 2 aromatic carbocycles. The van der Waals surface area contributed by atoms with Crippen LogP contribution in [-0.4, -0.2) is 39.8 Å². The summed E-state index contributed by atoms with van der Waals surface area (Å²) in [6, 6.07) is 11.3. The Kier molecular flexibility index (Phi) is 4.78. The van der Waals surface area contributed by atoms with E-state index >= 15 is 0 Å². The average Bonchev–Trinajstić information content (AvgIpc) is 3.28. The van der Waals surface area contributed by atoms with Crippen LogP contribution in [0.5, 0.6) is 0 Å². The molecule has 32 heavy (non-hydrogen) atoms. The molecule has 0 bridgehead atoms. The smallest absolute Gasteiger partial charge is 0.257 e. The van der Waals surface area contributed by atoms with E-state index < -0.39 is 5.66 Å². The number of amides is 3. The fourth-order valence-electron chi connectivity index (χ4n) is 4.86. The van der Waals surface area contributed by atoms with Gasteiger partial charge in [-0.3, -0.25) is 19.3 Å². The zero-order valence-corrected chi connectivity index (χ0v) is 19.1. The third kappa shape index (κ3) is 3.17. The second-order valence-electron chi connectivity index (χ2n) is 8.67. The van der Waals surface area contributed by atoms with E-state index in [0.29, 0.717) is 29.2 Å². The van der Waals surface area contributed by atoms with Gasteiger partial charge >= 0.3 is 0 Å². The van der Waals surface area contributed by atoms with Crippen molar-refractivity contribution in [3.8, 4) is 0 Å². The monoisotopic (exact) mass is 448 g/mol. The average molecular weight is 449 g/mol. The molecule has 1 fully saturated rings. The summed E-state index contributed by atoms with van der Waals surface area (Å²) >= 11 is 1.45. The Labute approximate surface area is 190 Å². The lowest BCUT2D eigenvalue weighted by Crippen LogP contribution is -2.62. The van der Waals surface area contributed by atoms with E-state index in [2.05, 4.69) is 22.4 Å². The molecule has 0 radical (unpaired) electrons. The van der Waals surface area contributed by atoms with Gasteiger partial charge in [0.25, 0.3) is 5.91 Å². The van der Waals surface area contributed by atoms with Crippen molar-refractivity contribution in [2.75, 3.05) is 16.8 Å². The topological polar surface area (TPSA) is 82.6 Å². The van der Waals surface area contributed by atoms with Crippen molar-refractivity contribution >= 4 is 50.1 Å². The van der Waals surface area contributed by atoms with Gasteiger partial charge in [-0.1, -0.05) is 29.5 Å². The van der Waals surface area contributed by atoms with Gasteiger partial charge in [0.15, 0.2) is 5.13 Å². The third-order valence-corrected chi connectivity index (χ3v) is 7.30. The van der Waals surface area contributed by atoms with Gasteiger partial charge < -0.3 is 10.2 Å². The van der Waals surface area contributed by atoms with Gasteiger partial charge in [-0.05, 0) is 56.5 Å². The quantitative estimate of drug-likeness (QED) is 0.647. The van der Waals surface area contributed by atoms with Gasteiger partial charge in [0.05, 0.1) is 21.5 Å². The molecule has 0 saturated carbocycles. The number of nitrogens with zero attached hydrogens (tertiary/aromatic N) is 3. The second-order valence-corrected chi connectivity index (χ2v) is 9.70. The first-order valence-corrected chi connectivity index (χ1v) is 11.5. The van der Waals surface area contributed by atoms with E-state index in [-0.39, 0.29) is 30.7 Å². The maximum atomic E-state index is 13.3. The van der Waals surface area contributed by atoms with Crippen LogP contribution < -0.4 is 10.2 Å². The van der Waals surface area contributed by atoms with Crippen LogP contribution in [0.4, 0.5) is 10.8 Å². The molecule has 1 atom stereocenters. The van der Waals surface area contributed by atoms with E-state index in [1.165, 1.54) is 11.3 Å². The van der Waals surface area contributed by atoms with Crippen LogP contribution in [0, 0.1) is 13.8 Å². The van der Waals surface area contributed by atoms with E-state index in [1.807, 2.05) is 32.9 Å². The highest BCUT2D eigenvalue weighted by atomic mass is 32.1. The van der Waals surface area contributed by atoms with E-state index in [1.54, 1.807) is 21.9 Å². The van der Waals surface area contributed by atoms with E-state index in [4.69, 9.17) is 0 Å². The Morgan fingerprint density at radius 1 is 1.22 bits per heavy atom. The van der Waals surface area contributed by atoms with Crippen LogP contribution in [0.2, 0.25) is 0 Å². The van der Waals surface area contributed by atoms with Gasteiger partial charge in [0.2, 0.25) is 11.8 Å². The summed E-state index contributed by atoms with van der Waals surface area (Å²) in [5, 5.41) is 3.44. The zero-order valence-electron chi connectivity index (χ0n) is 18.3. The van der Waals surface area contributed by atoms with Crippen LogP contribution >= 0.6 is 11.3 Å². The van der Waals surface area contributed by atoms with Crippen LogP contribution in [0.15, 0.2) is 36.4 Å². The molecule has 0 aliphatic carbocycles. The number of aromatic nitrogens is 1. The third-order valence-electron chi connectivity index (χ3n) is 6.38. The number of thiazole rings is 1. The summed E-state index contributed by atoms with van der Waals surface area (Å²) in [6.45, 7) is 6.18. The van der Waals surface area contributed by atoms with Crippen LogP contribution in [-0.2, 0) is 9.59 Å². The van der Waals surface area contributed by atoms with E-state index in [0.717, 1.165) is 21.3 Å². The minimum absolute atomic E-state index is 0.00189. The molecular formula is C24H24N4O3S. The van der Waals surface area contributed by atoms with Crippen molar-refractivity contribution in [3.63, 3.8) is 0 Å². The first-order chi connectivity index (χ1) is 15.3. The van der Waals surface area contributed by atoms with Crippen LogP contribution in [0.1, 0.15) is 47.7 Å². The van der Waals surface area contributed by atoms with Crippen molar-refractivity contribution in [2.24, 2.45) is 0 Å². The number of aryl methyl sites for hydroxylation is 2. The standard InChI is InChI=1S/C24H24N4O3S/c1-14-12-15(2)21-18(13-14)32-23(26-21)25-19(29)9-11-27-22(31)16-6-4-5-7-17(16)28-20(30)8-10-24(27,28)3/h4-7,12-13H,8-11H2,1-3H3,(H,25,26,29). The number of nitrogens with one attached hydrogen (secondary N) is 1. The summed E-state index contributed by atoms with van der Waals surface area (Å²) in [5.41, 5.74) is 3.53. The molecule has 3 aromatic rings. The number of carbonyl (C=O) groups is 3. The Bertz CT molecular complexity index is 1280. The predicted molar refractivity (Wildman–Crippen MR) is 125 cm³/mol. The summed E-state index contributed by atoms with van der Waals surface area (Å²) in [4.78, 5) is 46.6. The number of benzene rings is 2. The molecule has 2 aliphatic rings. The molecule has 1 unspecified atom stereocenters. The van der Waals surface area contributed by atoms with Crippen molar-refractivity contribution < 1.29 is 14.4 Å². The lowest BCUT2D eigenvalue weighted by molar-refractivity contribution is -0.117. The molecule has 5 rings (SSSR count). The van der Waals surface area contributed by atoms with Crippen molar-refractivity contribution in [1.82, 2.24) is 9.88 Å². The molecule has 0 spiro atoms. The molecule has 8 heteroatoms. The number of fused-ring (bicyclic) bond motifs is 4. The minimum atomic E-state index is -0.757. The Hall–Kier alpha value is -3.26. The number of para-hydroxylation sites is 1. The van der Waals surface area contributed by atoms with Gasteiger partial charge in [0, 0.05) is 19.4 Å². The SMILES string of the molecule is Cc1cc(C)c2nc(NC(=O)CCN3C(=O)c4ccccc4N4C(=O)CCC34C)sc2c1. The summed E-state index contributed by atoms with van der Waals surface area (Å²) in [5.74, 6) is -0.348. The van der Waals surface area contributed by atoms with Gasteiger partial charge in [-0.25, -0.2) is 4.98 Å². The molecule has 1 saturated heterocycles. The number of rotatable bonds is 4. The molecule has 7 nitrogen and oxygen atoms in total. The van der Waals surface area contributed by atoms with Gasteiger partial charge in [-0.2, -0.15) is 0 Å². The number of carbonyl (C=O) groups excluding carboxylic acids is 3. The Balaban J connectivity index is 1.35. The molecule has 3 amide bonds. The molecule has 164 valence electrons. The first kappa shape index (κ1) is 20.6. The Morgan fingerprint density at radius 2 is 2.00 bits per heavy atom. The largest absolute Gasteiger partial charge is 0.315 e. The maximum absolute atomic E-state index is 13.3. The zero-order chi connectivity index (χ0) is 22.6. The summed E-state index contributed by atoms with van der Waals surface area (Å²) < 4.78 is 1.04. The molecular weight excluding hydrogens is 424 g/mol. The van der Waals surface area contributed by atoms with Crippen LogP contribution in [0.3, 0.4) is 0 Å². The molecule has 3 heterocycles.